The number of amides is 1. The van der Waals surface area contributed by atoms with Gasteiger partial charge in [0.25, 0.3) is 5.91 Å². The van der Waals surface area contributed by atoms with E-state index >= 15 is 0 Å². The lowest BCUT2D eigenvalue weighted by Gasteiger charge is -2.18. The second kappa shape index (κ2) is 5.70. The van der Waals surface area contributed by atoms with Crippen molar-refractivity contribution in [2.45, 2.75) is 12.8 Å². The molecule has 0 radical (unpaired) electrons. The molecule has 1 aromatic heterocycles. The Morgan fingerprint density at radius 2 is 2.15 bits per heavy atom. The van der Waals surface area contributed by atoms with Gasteiger partial charge < -0.3 is 20.7 Å². The van der Waals surface area contributed by atoms with Crippen molar-refractivity contribution in [1.29, 1.82) is 0 Å². The van der Waals surface area contributed by atoms with E-state index in [0.717, 1.165) is 6.54 Å². The van der Waals surface area contributed by atoms with E-state index in [9.17, 15) is 9.59 Å². The second-order valence-electron chi connectivity index (χ2n) is 4.92. The first kappa shape index (κ1) is 14.6. The van der Waals surface area contributed by atoms with Gasteiger partial charge >= 0.3 is 5.97 Å². The Hall–Kier alpha value is -1.76. The van der Waals surface area contributed by atoms with Gasteiger partial charge in [0.15, 0.2) is 0 Å². The molecule has 1 aliphatic rings. The van der Waals surface area contributed by atoms with Gasteiger partial charge in [-0.3, -0.25) is 4.79 Å². The van der Waals surface area contributed by atoms with Gasteiger partial charge in [0.1, 0.15) is 9.88 Å². The number of thiophene rings is 1. The Balaban J connectivity index is 2.41. The minimum Gasteiger partial charge on any atom is -0.465 e. The molecule has 0 unspecified atom stereocenters. The van der Waals surface area contributed by atoms with Gasteiger partial charge in [-0.2, -0.15) is 0 Å². The summed E-state index contributed by atoms with van der Waals surface area (Å²) in [5, 5.41) is 3.28. The Labute approximate surface area is 121 Å². The molecule has 1 fully saturated rings. The van der Waals surface area contributed by atoms with Gasteiger partial charge in [-0.05, 0) is 18.8 Å². The topological polar surface area (TPSA) is 84.7 Å². The lowest BCUT2D eigenvalue weighted by molar-refractivity contribution is 0.0607. The van der Waals surface area contributed by atoms with Crippen LogP contribution in [0.2, 0.25) is 0 Å². The lowest BCUT2D eigenvalue weighted by Crippen LogP contribution is -2.25. The summed E-state index contributed by atoms with van der Waals surface area (Å²) in [7, 11) is 4.76. The molecule has 0 bridgehead atoms. The number of ether oxygens (including phenoxy) is 1. The molecular weight excluding hydrogens is 278 g/mol. The van der Waals surface area contributed by atoms with Gasteiger partial charge in [-0.1, -0.05) is 0 Å². The summed E-state index contributed by atoms with van der Waals surface area (Å²) >= 11 is 1.21. The molecule has 0 aromatic carbocycles. The number of nitrogens with one attached hydrogen (secondary N) is 1. The Kier molecular flexibility index (Phi) is 4.17. The summed E-state index contributed by atoms with van der Waals surface area (Å²) in [6.07, 6.45) is 2.43. The number of hydrogen-bond donors (Lipinski definition) is 2. The van der Waals surface area contributed by atoms with Gasteiger partial charge in [0.05, 0.1) is 18.4 Å². The van der Waals surface area contributed by atoms with Crippen LogP contribution in [0.5, 0.6) is 0 Å². The van der Waals surface area contributed by atoms with E-state index in [2.05, 4.69) is 5.32 Å². The van der Waals surface area contributed by atoms with Crippen molar-refractivity contribution in [1.82, 2.24) is 5.32 Å². The molecule has 1 aromatic rings. The Morgan fingerprint density at radius 1 is 1.50 bits per heavy atom. The molecule has 6 nitrogen and oxygen atoms in total. The zero-order valence-corrected chi connectivity index (χ0v) is 12.7. The Morgan fingerprint density at radius 3 is 2.65 bits per heavy atom. The number of carbonyl (C=O) groups is 2. The molecule has 0 aliphatic heterocycles. The van der Waals surface area contributed by atoms with Crippen LogP contribution in [-0.4, -0.2) is 39.6 Å². The molecule has 1 amide bonds. The largest absolute Gasteiger partial charge is 0.465 e. The van der Waals surface area contributed by atoms with E-state index in [1.807, 2.05) is 11.9 Å². The number of nitrogens with two attached hydrogens (primary N) is 1. The first-order valence-electron chi connectivity index (χ1n) is 6.43. The highest BCUT2D eigenvalue weighted by atomic mass is 32.1. The summed E-state index contributed by atoms with van der Waals surface area (Å²) in [5.41, 5.74) is 6.52. The van der Waals surface area contributed by atoms with Gasteiger partial charge in [-0.15, -0.1) is 11.3 Å². The maximum absolute atomic E-state index is 12.0. The first-order valence-corrected chi connectivity index (χ1v) is 7.25. The van der Waals surface area contributed by atoms with E-state index in [1.54, 1.807) is 7.05 Å². The number of methoxy groups -OCH3 is 1. The fraction of sp³-hybridized carbons (Fsp3) is 0.538. The minimum atomic E-state index is -0.510. The van der Waals surface area contributed by atoms with Crippen molar-refractivity contribution in [3.05, 3.63) is 10.4 Å². The van der Waals surface area contributed by atoms with Crippen LogP contribution in [0.1, 0.15) is 32.9 Å². The summed E-state index contributed by atoms with van der Waals surface area (Å²) in [6.45, 7) is 0.866. The van der Waals surface area contributed by atoms with E-state index in [1.165, 1.54) is 31.3 Å². The molecule has 1 aliphatic carbocycles. The van der Waals surface area contributed by atoms with E-state index < -0.39 is 5.97 Å². The molecule has 2 rings (SSSR count). The van der Waals surface area contributed by atoms with Crippen molar-refractivity contribution in [3.63, 3.8) is 0 Å². The first-order chi connectivity index (χ1) is 9.49. The third-order valence-corrected chi connectivity index (χ3v) is 4.63. The third-order valence-electron chi connectivity index (χ3n) is 3.33. The molecule has 0 atom stereocenters. The van der Waals surface area contributed by atoms with E-state index in [0.29, 0.717) is 16.5 Å². The normalized spacial score (nSPS) is 13.9. The van der Waals surface area contributed by atoms with Crippen molar-refractivity contribution in [2.75, 3.05) is 38.4 Å². The van der Waals surface area contributed by atoms with Crippen LogP contribution < -0.4 is 16.0 Å². The zero-order valence-electron chi connectivity index (χ0n) is 11.9. The maximum atomic E-state index is 12.0. The van der Waals surface area contributed by atoms with E-state index in [-0.39, 0.29) is 16.5 Å². The standard InChI is InChI=1S/C13H19N3O3S/c1-15-11(17)8-9(14)10(13(18)19-3)20-12(8)16(2)6-7-4-5-7/h7H,4-6,14H2,1-3H3,(H,15,17). The number of rotatable bonds is 5. The summed E-state index contributed by atoms with van der Waals surface area (Å²) in [6, 6.07) is 0. The maximum Gasteiger partial charge on any atom is 0.350 e. The van der Waals surface area contributed by atoms with Crippen LogP contribution in [0.4, 0.5) is 10.7 Å². The fourth-order valence-electron chi connectivity index (χ4n) is 2.06. The molecule has 3 N–H and O–H groups in total. The quantitative estimate of drug-likeness (QED) is 0.801. The van der Waals surface area contributed by atoms with Crippen LogP contribution in [0.15, 0.2) is 0 Å². The van der Waals surface area contributed by atoms with Crippen LogP contribution in [0, 0.1) is 5.92 Å². The average Bonchev–Trinajstić information content (AvgIpc) is 3.18. The predicted molar refractivity (Wildman–Crippen MR) is 79.5 cm³/mol. The molecular formula is C13H19N3O3S. The summed E-state index contributed by atoms with van der Waals surface area (Å²) < 4.78 is 4.71. The number of carbonyl (C=O) groups excluding carboxylic acids is 2. The number of nitrogens with zero attached hydrogens (tertiary/aromatic N) is 1. The number of anilines is 2. The van der Waals surface area contributed by atoms with Gasteiger partial charge in [0, 0.05) is 20.6 Å². The van der Waals surface area contributed by atoms with Crippen molar-refractivity contribution < 1.29 is 14.3 Å². The second-order valence-corrected chi connectivity index (χ2v) is 5.92. The SMILES string of the molecule is CNC(=O)c1c(N(C)CC2CC2)sc(C(=O)OC)c1N. The monoisotopic (exact) mass is 297 g/mol. The number of nitrogen functional groups attached to an aromatic ring is 1. The highest BCUT2D eigenvalue weighted by Gasteiger charge is 2.30. The predicted octanol–water partition coefficient (Wildman–Crippen LogP) is 1.32. The van der Waals surface area contributed by atoms with Crippen LogP contribution in [0.25, 0.3) is 0 Å². The van der Waals surface area contributed by atoms with Gasteiger partial charge in [-0.25, -0.2) is 4.79 Å². The third kappa shape index (κ3) is 2.72. The van der Waals surface area contributed by atoms with Crippen LogP contribution in [0.3, 0.4) is 0 Å². The van der Waals surface area contributed by atoms with Crippen LogP contribution in [-0.2, 0) is 4.74 Å². The van der Waals surface area contributed by atoms with Crippen molar-refractivity contribution in [3.8, 4) is 0 Å². The average molecular weight is 297 g/mol. The number of hydrogen-bond acceptors (Lipinski definition) is 6. The number of esters is 1. The van der Waals surface area contributed by atoms with Gasteiger partial charge in [0.2, 0.25) is 0 Å². The van der Waals surface area contributed by atoms with Crippen LogP contribution >= 0.6 is 11.3 Å². The summed E-state index contributed by atoms with van der Waals surface area (Å²) in [5.74, 6) is -0.127. The smallest absolute Gasteiger partial charge is 0.350 e. The molecule has 0 saturated heterocycles. The fourth-order valence-corrected chi connectivity index (χ4v) is 3.17. The lowest BCUT2D eigenvalue weighted by atomic mass is 10.2. The molecule has 7 heteroatoms. The summed E-state index contributed by atoms with van der Waals surface area (Å²) in [4.78, 5) is 26.0. The van der Waals surface area contributed by atoms with E-state index in [4.69, 9.17) is 10.5 Å². The zero-order chi connectivity index (χ0) is 14.9. The molecule has 110 valence electrons. The minimum absolute atomic E-state index is 0.193. The molecule has 20 heavy (non-hydrogen) atoms. The highest BCUT2D eigenvalue weighted by molar-refractivity contribution is 7.19. The van der Waals surface area contributed by atoms with Crippen molar-refractivity contribution >= 4 is 33.9 Å². The Bertz CT molecular complexity index is 537. The molecule has 1 saturated carbocycles. The highest BCUT2D eigenvalue weighted by Crippen LogP contribution is 2.40. The van der Waals surface area contributed by atoms with Crippen molar-refractivity contribution in [2.24, 2.45) is 5.92 Å². The molecule has 0 spiro atoms. The molecule has 1 heterocycles.